The molecule has 3 nitrogen and oxygen atoms in total. The fourth-order valence-electron chi connectivity index (χ4n) is 1.89. The Balaban J connectivity index is 2.16. The lowest BCUT2D eigenvalue weighted by Crippen LogP contribution is -2.10. The molecule has 0 radical (unpaired) electrons. The van der Waals surface area contributed by atoms with E-state index in [9.17, 15) is 9.18 Å². The van der Waals surface area contributed by atoms with Gasteiger partial charge in [0.05, 0.1) is 10.7 Å². The highest BCUT2D eigenvalue weighted by atomic mass is 79.9. The molecule has 19 heavy (non-hydrogen) atoms. The maximum atomic E-state index is 14.1. The summed E-state index contributed by atoms with van der Waals surface area (Å²) in [5.41, 5.74) is 0.282. The Bertz CT molecular complexity index is 712. The first kappa shape index (κ1) is 12.8. The molecule has 6 heteroatoms. The minimum Gasteiger partial charge on any atom is -0.310 e. The Hall–Kier alpha value is -1.20. The van der Waals surface area contributed by atoms with Crippen LogP contribution in [0.15, 0.2) is 27.5 Å². The smallest absolute Gasteiger partial charge is 0.251 e. The second-order valence-corrected chi connectivity index (χ2v) is 5.75. The predicted molar refractivity (Wildman–Crippen MR) is 74.9 cm³/mol. The molecule has 1 heterocycles. The molecule has 0 atom stereocenters. The number of nitrogens with zero attached hydrogens (tertiary/aromatic N) is 1. The lowest BCUT2D eigenvalue weighted by Gasteiger charge is -2.07. The van der Waals surface area contributed by atoms with E-state index in [-0.39, 0.29) is 16.1 Å². The van der Waals surface area contributed by atoms with Gasteiger partial charge in [-0.25, -0.2) is 9.37 Å². The average Bonchev–Trinajstić information content (AvgIpc) is 3.19. The lowest BCUT2D eigenvalue weighted by molar-refractivity contribution is 0.630. The van der Waals surface area contributed by atoms with Gasteiger partial charge in [-0.15, -0.1) is 0 Å². The molecule has 1 fully saturated rings. The Labute approximate surface area is 122 Å². The fourth-order valence-corrected chi connectivity index (χ4v) is 2.36. The van der Waals surface area contributed by atoms with Gasteiger partial charge in [-0.05, 0) is 40.9 Å². The number of H-pyrrole nitrogens is 1. The fraction of sp³-hybridized carbons (Fsp3) is 0.231. The summed E-state index contributed by atoms with van der Waals surface area (Å²) in [6.07, 6.45) is 2.02. The van der Waals surface area contributed by atoms with Crippen LogP contribution in [0.1, 0.15) is 24.6 Å². The quantitative estimate of drug-likeness (QED) is 0.841. The molecule has 1 N–H and O–H groups in total. The van der Waals surface area contributed by atoms with Gasteiger partial charge in [-0.2, -0.15) is 0 Å². The van der Waals surface area contributed by atoms with Gasteiger partial charge in [-0.1, -0.05) is 11.6 Å². The number of halogens is 3. The molecule has 0 bridgehead atoms. The van der Waals surface area contributed by atoms with Gasteiger partial charge in [0.25, 0.3) is 5.56 Å². The number of aromatic amines is 1. The maximum Gasteiger partial charge on any atom is 0.251 e. The van der Waals surface area contributed by atoms with Crippen LogP contribution in [0.3, 0.4) is 0 Å². The summed E-state index contributed by atoms with van der Waals surface area (Å²) in [6.45, 7) is 0. The normalized spacial score (nSPS) is 14.7. The average molecular weight is 344 g/mol. The molecular weight excluding hydrogens is 335 g/mol. The van der Waals surface area contributed by atoms with Crippen LogP contribution in [-0.2, 0) is 0 Å². The van der Waals surface area contributed by atoms with E-state index in [2.05, 4.69) is 25.9 Å². The molecule has 1 saturated carbocycles. The molecule has 1 aliphatic rings. The summed E-state index contributed by atoms with van der Waals surface area (Å²) in [5, 5.41) is -0.00689. The van der Waals surface area contributed by atoms with E-state index in [0.717, 1.165) is 12.8 Å². The van der Waals surface area contributed by atoms with E-state index in [1.54, 1.807) is 12.1 Å². The zero-order chi connectivity index (χ0) is 13.6. The topological polar surface area (TPSA) is 45.8 Å². The second-order valence-electron chi connectivity index (χ2n) is 4.51. The first-order valence-electron chi connectivity index (χ1n) is 5.81. The molecule has 0 aliphatic heterocycles. The SMILES string of the molecule is O=c1cc(-c2ccc(Br)c(Cl)c2F)nc(C2CC2)[nH]1. The largest absolute Gasteiger partial charge is 0.310 e. The van der Waals surface area contributed by atoms with Crippen molar-refractivity contribution in [3.05, 3.63) is 49.7 Å². The van der Waals surface area contributed by atoms with Crippen molar-refractivity contribution in [2.24, 2.45) is 0 Å². The highest BCUT2D eigenvalue weighted by Crippen LogP contribution is 2.38. The summed E-state index contributed by atoms with van der Waals surface area (Å²) in [5.74, 6) is 0.346. The zero-order valence-electron chi connectivity index (χ0n) is 9.71. The Morgan fingerprint density at radius 1 is 1.42 bits per heavy atom. The second kappa shape index (κ2) is 4.72. The predicted octanol–water partition coefficient (Wildman–Crippen LogP) is 3.87. The first-order chi connectivity index (χ1) is 9.06. The van der Waals surface area contributed by atoms with Gasteiger partial charge in [0, 0.05) is 22.0 Å². The number of benzene rings is 1. The summed E-state index contributed by atoms with van der Waals surface area (Å²) in [6, 6.07) is 4.48. The number of rotatable bonds is 2. The van der Waals surface area contributed by atoms with Crippen molar-refractivity contribution in [3.8, 4) is 11.3 Å². The van der Waals surface area contributed by atoms with Gasteiger partial charge >= 0.3 is 0 Å². The lowest BCUT2D eigenvalue weighted by atomic mass is 10.1. The van der Waals surface area contributed by atoms with Crippen molar-refractivity contribution < 1.29 is 4.39 Å². The highest BCUT2D eigenvalue weighted by molar-refractivity contribution is 9.10. The summed E-state index contributed by atoms with van der Waals surface area (Å²) >= 11 is 9.01. The van der Waals surface area contributed by atoms with Gasteiger partial charge in [0.15, 0.2) is 5.82 Å². The van der Waals surface area contributed by atoms with E-state index in [1.807, 2.05) is 0 Å². The molecule has 2 aromatic rings. The van der Waals surface area contributed by atoms with Crippen LogP contribution in [0.4, 0.5) is 4.39 Å². The van der Waals surface area contributed by atoms with Gasteiger partial charge in [-0.3, -0.25) is 4.79 Å². The van der Waals surface area contributed by atoms with Gasteiger partial charge in [0.1, 0.15) is 5.82 Å². The van der Waals surface area contributed by atoms with E-state index in [0.29, 0.717) is 21.9 Å². The highest BCUT2D eigenvalue weighted by Gasteiger charge is 2.27. The van der Waals surface area contributed by atoms with Gasteiger partial charge < -0.3 is 4.98 Å². The Kier molecular flexibility index (Phi) is 3.19. The van der Waals surface area contributed by atoms with E-state index < -0.39 is 5.82 Å². The number of hydrogen-bond donors (Lipinski definition) is 1. The summed E-state index contributed by atoms with van der Waals surface area (Å²) < 4.78 is 14.6. The zero-order valence-corrected chi connectivity index (χ0v) is 12.1. The monoisotopic (exact) mass is 342 g/mol. The van der Waals surface area contributed by atoms with Crippen molar-refractivity contribution in [1.82, 2.24) is 9.97 Å². The molecule has 0 saturated heterocycles. The van der Waals surface area contributed by atoms with E-state index >= 15 is 0 Å². The number of aromatic nitrogens is 2. The van der Waals surface area contributed by atoms with E-state index in [1.165, 1.54) is 6.07 Å². The summed E-state index contributed by atoms with van der Waals surface area (Å²) in [4.78, 5) is 18.6. The van der Waals surface area contributed by atoms with Crippen LogP contribution in [0.2, 0.25) is 5.02 Å². The minimum absolute atomic E-state index is 0.00689. The number of nitrogens with one attached hydrogen (secondary N) is 1. The van der Waals surface area contributed by atoms with Crippen LogP contribution in [0, 0.1) is 5.82 Å². The molecule has 0 amide bonds. The molecule has 0 unspecified atom stereocenters. The van der Waals surface area contributed by atoms with Crippen LogP contribution in [0.25, 0.3) is 11.3 Å². The van der Waals surface area contributed by atoms with Crippen LogP contribution >= 0.6 is 27.5 Å². The van der Waals surface area contributed by atoms with E-state index in [4.69, 9.17) is 11.6 Å². The third-order valence-electron chi connectivity index (χ3n) is 3.04. The van der Waals surface area contributed by atoms with Crippen molar-refractivity contribution in [2.75, 3.05) is 0 Å². The molecule has 1 aromatic carbocycles. The van der Waals surface area contributed by atoms with Crippen molar-refractivity contribution in [2.45, 2.75) is 18.8 Å². The number of hydrogen-bond acceptors (Lipinski definition) is 2. The van der Waals surface area contributed by atoms with Gasteiger partial charge in [0.2, 0.25) is 0 Å². The molecule has 0 spiro atoms. The molecular formula is C13H9BrClFN2O. The molecule has 1 aromatic heterocycles. The Morgan fingerprint density at radius 3 is 2.84 bits per heavy atom. The summed E-state index contributed by atoms with van der Waals surface area (Å²) in [7, 11) is 0. The standard InChI is InChI=1S/C13H9BrClFN2O/c14-8-4-3-7(12(16)11(8)15)9-5-10(19)18-13(17-9)6-1-2-6/h3-6H,1-2H2,(H,17,18,19). The molecule has 3 rings (SSSR count). The molecule has 1 aliphatic carbocycles. The van der Waals surface area contributed by atoms with Crippen molar-refractivity contribution in [1.29, 1.82) is 0 Å². The Morgan fingerprint density at radius 2 is 2.16 bits per heavy atom. The van der Waals surface area contributed by atoms with Crippen LogP contribution < -0.4 is 5.56 Å². The third kappa shape index (κ3) is 2.44. The molecule has 98 valence electrons. The minimum atomic E-state index is -0.573. The van der Waals surface area contributed by atoms with Crippen LogP contribution in [-0.4, -0.2) is 9.97 Å². The van der Waals surface area contributed by atoms with Crippen molar-refractivity contribution in [3.63, 3.8) is 0 Å². The van der Waals surface area contributed by atoms with Crippen molar-refractivity contribution >= 4 is 27.5 Å². The van der Waals surface area contributed by atoms with Crippen LogP contribution in [0.5, 0.6) is 0 Å². The first-order valence-corrected chi connectivity index (χ1v) is 6.98. The maximum absolute atomic E-state index is 14.1. The third-order valence-corrected chi connectivity index (χ3v) is 4.29.